The SMILES string of the molecule is [CH2]CCOS(=O)CC. The predicted molar refractivity (Wildman–Crippen MR) is 34.6 cm³/mol. The lowest BCUT2D eigenvalue weighted by atomic mass is 10.5. The average molecular weight is 135 g/mol. The molecule has 0 aromatic heterocycles. The Morgan fingerprint density at radius 2 is 2.38 bits per heavy atom. The van der Waals surface area contributed by atoms with Crippen LogP contribution in [-0.2, 0) is 15.3 Å². The van der Waals surface area contributed by atoms with Crippen LogP contribution in [0, 0.1) is 6.92 Å². The molecule has 0 aliphatic heterocycles. The average Bonchev–Trinajstić information content (AvgIpc) is 1.83. The molecule has 1 unspecified atom stereocenters. The van der Waals surface area contributed by atoms with Gasteiger partial charge >= 0.3 is 0 Å². The molecule has 49 valence electrons. The van der Waals surface area contributed by atoms with E-state index in [0.717, 1.165) is 0 Å². The van der Waals surface area contributed by atoms with Gasteiger partial charge in [0.1, 0.15) is 0 Å². The molecule has 3 heteroatoms. The van der Waals surface area contributed by atoms with Crippen LogP contribution in [0.1, 0.15) is 13.3 Å². The van der Waals surface area contributed by atoms with Crippen LogP contribution in [0.4, 0.5) is 0 Å². The second kappa shape index (κ2) is 5.25. The van der Waals surface area contributed by atoms with Crippen molar-refractivity contribution in [3.8, 4) is 0 Å². The minimum absolute atomic E-state index is 0.500. The Hall–Kier alpha value is 0.110. The maximum absolute atomic E-state index is 10.4. The summed E-state index contributed by atoms with van der Waals surface area (Å²) in [4.78, 5) is 0. The van der Waals surface area contributed by atoms with E-state index in [0.29, 0.717) is 18.8 Å². The van der Waals surface area contributed by atoms with Crippen LogP contribution >= 0.6 is 0 Å². The highest BCUT2D eigenvalue weighted by Gasteiger charge is 1.90. The summed E-state index contributed by atoms with van der Waals surface area (Å²) in [6.07, 6.45) is 0.686. The predicted octanol–water partition coefficient (Wildman–Crippen LogP) is 0.911. The molecule has 8 heavy (non-hydrogen) atoms. The van der Waals surface area contributed by atoms with E-state index in [4.69, 9.17) is 4.18 Å². The number of rotatable bonds is 4. The van der Waals surface area contributed by atoms with E-state index in [1.165, 1.54) is 0 Å². The van der Waals surface area contributed by atoms with Crippen LogP contribution in [-0.4, -0.2) is 16.6 Å². The van der Waals surface area contributed by atoms with Crippen molar-refractivity contribution in [2.24, 2.45) is 0 Å². The van der Waals surface area contributed by atoms with Crippen molar-refractivity contribution in [3.05, 3.63) is 6.92 Å². The van der Waals surface area contributed by atoms with Gasteiger partial charge in [0.05, 0.1) is 6.61 Å². The van der Waals surface area contributed by atoms with Crippen LogP contribution in [0.15, 0.2) is 0 Å². The van der Waals surface area contributed by atoms with E-state index in [9.17, 15) is 4.21 Å². The van der Waals surface area contributed by atoms with Crippen LogP contribution in [0.3, 0.4) is 0 Å². The van der Waals surface area contributed by atoms with Gasteiger partial charge in [-0.05, 0) is 6.42 Å². The number of hydrogen-bond donors (Lipinski definition) is 0. The zero-order valence-corrected chi connectivity index (χ0v) is 5.87. The quantitative estimate of drug-likeness (QED) is 0.572. The topological polar surface area (TPSA) is 26.3 Å². The molecule has 0 aliphatic rings. The van der Waals surface area contributed by atoms with Gasteiger partial charge in [0.15, 0.2) is 11.1 Å². The molecule has 0 heterocycles. The molecule has 0 fully saturated rings. The molecule has 0 amide bonds. The zero-order chi connectivity index (χ0) is 6.41. The van der Waals surface area contributed by atoms with Crippen molar-refractivity contribution in [1.29, 1.82) is 0 Å². The Kier molecular flexibility index (Phi) is 5.32. The Morgan fingerprint density at radius 1 is 1.75 bits per heavy atom. The molecule has 0 aromatic carbocycles. The Balaban J connectivity index is 2.99. The van der Waals surface area contributed by atoms with Crippen molar-refractivity contribution in [2.45, 2.75) is 13.3 Å². The van der Waals surface area contributed by atoms with E-state index < -0.39 is 11.1 Å². The maximum atomic E-state index is 10.4. The van der Waals surface area contributed by atoms with Crippen molar-refractivity contribution in [3.63, 3.8) is 0 Å². The summed E-state index contributed by atoms with van der Waals surface area (Å²) < 4.78 is 15.2. The van der Waals surface area contributed by atoms with E-state index in [1.54, 1.807) is 0 Å². The van der Waals surface area contributed by atoms with Crippen molar-refractivity contribution < 1.29 is 8.39 Å². The molecule has 1 atom stereocenters. The first-order chi connectivity index (χ1) is 3.81. The molecule has 0 aromatic rings. The van der Waals surface area contributed by atoms with Gasteiger partial charge in [-0.2, -0.15) is 0 Å². The highest BCUT2D eigenvalue weighted by Crippen LogP contribution is 1.85. The van der Waals surface area contributed by atoms with Gasteiger partial charge in [-0.15, -0.1) is 0 Å². The third-order valence-electron chi connectivity index (χ3n) is 0.595. The summed E-state index contributed by atoms with van der Waals surface area (Å²) in [6.45, 7) is 5.85. The number of hydrogen-bond acceptors (Lipinski definition) is 2. The summed E-state index contributed by atoms with van der Waals surface area (Å²) in [6, 6.07) is 0. The molecule has 0 saturated carbocycles. The van der Waals surface area contributed by atoms with Crippen LogP contribution < -0.4 is 0 Å². The van der Waals surface area contributed by atoms with Gasteiger partial charge in [-0.3, -0.25) is 4.18 Å². The molecular weight excluding hydrogens is 124 g/mol. The molecule has 0 saturated heterocycles. The third-order valence-corrected chi connectivity index (χ3v) is 1.50. The lowest BCUT2D eigenvalue weighted by Crippen LogP contribution is -1.99. The molecule has 2 nitrogen and oxygen atoms in total. The second-order valence-corrected chi connectivity index (χ2v) is 2.69. The first-order valence-electron chi connectivity index (χ1n) is 2.62. The lowest BCUT2D eigenvalue weighted by molar-refractivity contribution is 0.355. The molecule has 0 spiro atoms. The Bertz CT molecular complexity index is 72.8. The Morgan fingerprint density at radius 3 is 2.75 bits per heavy atom. The third kappa shape index (κ3) is 4.27. The van der Waals surface area contributed by atoms with Gasteiger partial charge in [0.25, 0.3) is 0 Å². The smallest absolute Gasteiger partial charge is 0.155 e. The fourth-order valence-electron chi connectivity index (χ4n) is 0.235. The largest absolute Gasteiger partial charge is 0.291 e. The summed E-state index contributed by atoms with van der Waals surface area (Å²) in [5, 5.41) is 0. The fourth-order valence-corrected chi connectivity index (χ4v) is 0.706. The zero-order valence-electron chi connectivity index (χ0n) is 5.05. The highest BCUT2D eigenvalue weighted by atomic mass is 32.2. The first-order valence-corrected chi connectivity index (χ1v) is 3.86. The molecule has 1 radical (unpaired) electrons. The standard InChI is InChI=1S/C5H11O2S/c1-3-5-7-8(6)4-2/h1,3-5H2,2H3. The first kappa shape index (κ1) is 8.11. The summed E-state index contributed by atoms with van der Waals surface area (Å²) in [5.74, 6) is 0.569. The molecule has 0 rings (SSSR count). The lowest BCUT2D eigenvalue weighted by Gasteiger charge is -1.95. The van der Waals surface area contributed by atoms with Gasteiger partial charge in [0, 0.05) is 5.75 Å². The van der Waals surface area contributed by atoms with E-state index in [2.05, 4.69) is 6.92 Å². The molecule has 0 N–H and O–H groups in total. The minimum Gasteiger partial charge on any atom is -0.291 e. The normalized spacial score (nSPS) is 13.8. The summed E-state index contributed by atoms with van der Waals surface area (Å²) >= 11 is -1.07. The van der Waals surface area contributed by atoms with Crippen molar-refractivity contribution in [2.75, 3.05) is 12.4 Å². The molecule has 0 bridgehead atoms. The minimum atomic E-state index is -1.07. The van der Waals surface area contributed by atoms with E-state index >= 15 is 0 Å². The van der Waals surface area contributed by atoms with Gasteiger partial charge < -0.3 is 0 Å². The van der Waals surface area contributed by atoms with Crippen LogP contribution in [0.5, 0.6) is 0 Å². The van der Waals surface area contributed by atoms with Crippen LogP contribution in [0.25, 0.3) is 0 Å². The Labute approximate surface area is 52.9 Å². The second-order valence-electron chi connectivity index (χ2n) is 1.27. The van der Waals surface area contributed by atoms with Crippen molar-refractivity contribution >= 4 is 11.1 Å². The monoisotopic (exact) mass is 135 g/mol. The summed E-state index contributed by atoms with van der Waals surface area (Å²) in [7, 11) is 0. The molecule has 0 aliphatic carbocycles. The van der Waals surface area contributed by atoms with E-state index in [-0.39, 0.29) is 0 Å². The molecular formula is C5H11O2S. The highest BCUT2D eigenvalue weighted by molar-refractivity contribution is 7.80. The van der Waals surface area contributed by atoms with Crippen molar-refractivity contribution in [1.82, 2.24) is 0 Å². The van der Waals surface area contributed by atoms with Crippen LogP contribution in [0.2, 0.25) is 0 Å². The fraction of sp³-hybridized carbons (Fsp3) is 0.800. The summed E-state index contributed by atoms with van der Waals surface area (Å²) in [5.41, 5.74) is 0. The maximum Gasteiger partial charge on any atom is 0.155 e. The van der Waals surface area contributed by atoms with Gasteiger partial charge in [-0.25, -0.2) is 4.21 Å². The van der Waals surface area contributed by atoms with Gasteiger partial charge in [-0.1, -0.05) is 13.8 Å². The van der Waals surface area contributed by atoms with E-state index in [1.807, 2.05) is 6.92 Å². The van der Waals surface area contributed by atoms with Gasteiger partial charge in [0.2, 0.25) is 0 Å².